The number of amides is 1. The number of anilines is 1. The summed E-state index contributed by atoms with van der Waals surface area (Å²) >= 11 is 1.65. The Kier molecular flexibility index (Phi) is 8.97. The summed E-state index contributed by atoms with van der Waals surface area (Å²) in [6.07, 6.45) is 7.48. The Bertz CT molecular complexity index is 745. The molecule has 1 aliphatic carbocycles. The van der Waals surface area contributed by atoms with Gasteiger partial charge in [-0.1, -0.05) is 31.1 Å². The van der Waals surface area contributed by atoms with Gasteiger partial charge in [0.2, 0.25) is 6.41 Å². The molecule has 4 nitrogen and oxygen atoms in total. The topological polar surface area (TPSA) is 49.8 Å². The molecule has 1 saturated carbocycles. The van der Waals surface area contributed by atoms with Gasteiger partial charge in [-0.3, -0.25) is 4.79 Å². The second-order valence-corrected chi connectivity index (χ2v) is 11.3. The normalized spacial score (nSPS) is 16.6. The number of nitrogens with zero attached hydrogens (tertiary/aromatic N) is 1. The van der Waals surface area contributed by atoms with Crippen LogP contribution < -0.4 is 4.90 Å². The summed E-state index contributed by atoms with van der Waals surface area (Å²) in [5.41, 5.74) is 0.481. The molecular formula is C25H39NO3S. The van der Waals surface area contributed by atoms with Gasteiger partial charge in [-0.15, -0.1) is 11.3 Å². The van der Waals surface area contributed by atoms with E-state index in [1.165, 1.54) is 19.3 Å². The van der Waals surface area contributed by atoms with Crippen molar-refractivity contribution in [3.63, 3.8) is 0 Å². The molecule has 1 fully saturated rings. The van der Waals surface area contributed by atoms with E-state index in [0.717, 1.165) is 34.7 Å². The zero-order valence-corrected chi connectivity index (χ0v) is 20.4. The number of carbonyl (C=O) groups is 1. The van der Waals surface area contributed by atoms with Crippen molar-refractivity contribution in [3.8, 4) is 11.8 Å². The molecule has 2 rings (SSSR count). The second-order valence-electron chi connectivity index (χ2n) is 10.1. The molecule has 0 radical (unpaired) electrons. The minimum Gasteiger partial charge on any atom is -0.396 e. The number of hydrogen-bond donors (Lipinski definition) is 1. The second kappa shape index (κ2) is 10.8. The van der Waals surface area contributed by atoms with Crippen molar-refractivity contribution < 1.29 is 14.6 Å². The van der Waals surface area contributed by atoms with Gasteiger partial charge in [0.15, 0.2) is 0 Å². The Morgan fingerprint density at radius 3 is 2.50 bits per heavy atom. The van der Waals surface area contributed by atoms with Crippen LogP contribution in [0.25, 0.3) is 0 Å². The first-order valence-electron chi connectivity index (χ1n) is 11.2. The molecule has 0 aromatic carbocycles. The van der Waals surface area contributed by atoms with Crippen molar-refractivity contribution in [2.75, 3.05) is 18.1 Å². The SMILES string of the molecule is Cc1sc(C#CC(C)(C)C)cc1N(C=O)C(COC(C)(C)CCO)C1CCCCC1. The number of thiophene rings is 1. The van der Waals surface area contributed by atoms with Crippen molar-refractivity contribution in [2.24, 2.45) is 11.3 Å². The monoisotopic (exact) mass is 433 g/mol. The molecular weight excluding hydrogens is 394 g/mol. The maximum absolute atomic E-state index is 12.3. The molecule has 1 aromatic heterocycles. The standard InChI is InChI=1S/C25H39NO3S/c1-19-22(16-21(30-19)12-13-24(2,3)4)26(18-28)23(20-10-8-7-9-11-20)17-29-25(5,6)14-15-27/h16,18,20,23,27H,7-11,14-15,17H2,1-6H3. The summed E-state index contributed by atoms with van der Waals surface area (Å²) in [4.78, 5) is 16.3. The molecule has 0 bridgehead atoms. The minimum absolute atomic E-state index is 0.00232. The summed E-state index contributed by atoms with van der Waals surface area (Å²) in [6, 6.07) is 2.06. The maximum Gasteiger partial charge on any atom is 0.214 e. The largest absolute Gasteiger partial charge is 0.396 e. The van der Waals surface area contributed by atoms with Gasteiger partial charge >= 0.3 is 0 Å². The number of hydrogen-bond acceptors (Lipinski definition) is 4. The lowest BCUT2D eigenvalue weighted by atomic mass is 9.83. The Hall–Kier alpha value is -1.35. The Morgan fingerprint density at radius 2 is 1.93 bits per heavy atom. The van der Waals surface area contributed by atoms with Gasteiger partial charge in [-0.2, -0.15) is 0 Å². The van der Waals surface area contributed by atoms with Crippen molar-refractivity contribution in [1.82, 2.24) is 0 Å². The third kappa shape index (κ3) is 7.41. The first kappa shape index (κ1) is 24.9. The van der Waals surface area contributed by atoms with Gasteiger partial charge in [0.25, 0.3) is 0 Å². The van der Waals surface area contributed by atoms with Crippen LogP contribution >= 0.6 is 11.3 Å². The highest BCUT2D eigenvalue weighted by molar-refractivity contribution is 7.13. The maximum atomic E-state index is 12.3. The lowest BCUT2D eigenvalue weighted by Gasteiger charge is -2.38. The van der Waals surface area contributed by atoms with E-state index in [2.05, 4.69) is 45.6 Å². The fourth-order valence-electron chi connectivity index (χ4n) is 3.97. The molecule has 1 heterocycles. The summed E-state index contributed by atoms with van der Waals surface area (Å²) in [6.45, 7) is 12.9. The van der Waals surface area contributed by atoms with Gasteiger partial charge in [-0.25, -0.2) is 0 Å². The average molecular weight is 434 g/mol. The predicted octanol–water partition coefficient (Wildman–Crippen LogP) is 5.54. The summed E-state index contributed by atoms with van der Waals surface area (Å²) < 4.78 is 6.24. The highest BCUT2D eigenvalue weighted by Gasteiger charge is 2.32. The van der Waals surface area contributed by atoms with Crippen molar-refractivity contribution >= 4 is 23.4 Å². The van der Waals surface area contributed by atoms with E-state index in [1.807, 2.05) is 18.7 Å². The first-order valence-corrected chi connectivity index (χ1v) is 12.0. The van der Waals surface area contributed by atoms with Crippen LogP contribution in [0.1, 0.15) is 82.9 Å². The van der Waals surface area contributed by atoms with E-state index < -0.39 is 5.60 Å². The molecule has 1 aromatic rings. The third-order valence-electron chi connectivity index (χ3n) is 5.75. The van der Waals surface area contributed by atoms with Crippen LogP contribution in [0.4, 0.5) is 5.69 Å². The molecule has 5 heteroatoms. The van der Waals surface area contributed by atoms with Crippen LogP contribution in [-0.2, 0) is 9.53 Å². The Labute approximate surface area is 187 Å². The van der Waals surface area contributed by atoms with Crippen LogP contribution in [0, 0.1) is 30.1 Å². The fourth-order valence-corrected chi connectivity index (χ4v) is 4.84. The molecule has 30 heavy (non-hydrogen) atoms. The molecule has 0 saturated heterocycles. The molecule has 0 spiro atoms. The van der Waals surface area contributed by atoms with E-state index in [-0.39, 0.29) is 18.1 Å². The molecule has 1 atom stereocenters. The lowest BCUT2D eigenvalue weighted by Crippen LogP contribution is -2.46. The summed E-state index contributed by atoms with van der Waals surface area (Å²) in [7, 11) is 0. The van der Waals surface area contributed by atoms with Crippen LogP contribution in [0.3, 0.4) is 0 Å². The molecule has 0 aliphatic heterocycles. The van der Waals surface area contributed by atoms with Gasteiger partial charge in [0.1, 0.15) is 0 Å². The highest BCUT2D eigenvalue weighted by Crippen LogP contribution is 2.36. The number of aryl methyl sites for hydroxylation is 1. The Morgan fingerprint density at radius 1 is 1.27 bits per heavy atom. The van der Waals surface area contributed by atoms with Crippen molar-refractivity contribution in [3.05, 3.63) is 15.8 Å². The van der Waals surface area contributed by atoms with Gasteiger partial charge < -0.3 is 14.7 Å². The molecule has 1 N–H and O–H groups in total. The van der Waals surface area contributed by atoms with Crippen LogP contribution in [0.2, 0.25) is 0 Å². The van der Waals surface area contributed by atoms with E-state index >= 15 is 0 Å². The van der Waals surface area contributed by atoms with Crippen LogP contribution in [-0.4, -0.2) is 36.4 Å². The summed E-state index contributed by atoms with van der Waals surface area (Å²) in [5, 5.41) is 9.34. The smallest absolute Gasteiger partial charge is 0.214 e. The fraction of sp³-hybridized carbons (Fsp3) is 0.720. The van der Waals surface area contributed by atoms with Gasteiger partial charge in [0.05, 0.1) is 28.8 Å². The van der Waals surface area contributed by atoms with Gasteiger partial charge in [-0.05, 0) is 72.8 Å². The van der Waals surface area contributed by atoms with E-state index in [1.54, 1.807) is 11.3 Å². The molecule has 1 unspecified atom stereocenters. The zero-order valence-electron chi connectivity index (χ0n) is 19.6. The third-order valence-corrected chi connectivity index (χ3v) is 6.71. The van der Waals surface area contributed by atoms with Gasteiger partial charge in [0, 0.05) is 16.9 Å². The first-order chi connectivity index (χ1) is 14.1. The highest BCUT2D eigenvalue weighted by atomic mass is 32.1. The van der Waals surface area contributed by atoms with Crippen molar-refractivity contribution in [1.29, 1.82) is 0 Å². The lowest BCUT2D eigenvalue weighted by molar-refractivity contribution is -0.109. The predicted molar refractivity (Wildman–Crippen MR) is 126 cm³/mol. The Balaban J connectivity index is 2.31. The summed E-state index contributed by atoms with van der Waals surface area (Å²) in [5.74, 6) is 7.00. The van der Waals surface area contributed by atoms with E-state index in [9.17, 15) is 9.90 Å². The number of carbonyl (C=O) groups excluding carboxylic acids is 1. The van der Waals surface area contributed by atoms with Crippen molar-refractivity contribution in [2.45, 2.75) is 91.7 Å². The minimum atomic E-state index is -0.413. The van der Waals surface area contributed by atoms with Crippen LogP contribution in [0.5, 0.6) is 0 Å². The quantitative estimate of drug-likeness (QED) is 0.411. The van der Waals surface area contributed by atoms with Crippen LogP contribution in [0.15, 0.2) is 6.07 Å². The number of ether oxygens (including phenoxy) is 1. The number of aliphatic hydroxyl groups is 1. The zero-order chi connectivity index (χ0) is 22.4. The average Bonchev–Trinajstić information content (AvgIpc) is 3.04. The number of rotatable bonds is 9. The number of aliphatic hydroxyl groups excluding tert-OH is 1. The molecule has 168 valence electrons. The molecule has 1 aliphatic rings. The van der Waals surface area contributed by atoms with E-state index in [4.69, 9.17) is 4.74 Å². The van der Waals surface area contributed by atoms with E-state index in [0.29, 0.717) is 18.9 Å². The molecule has 1 amide bonds.